The Morgan fingerprint density at radius 3 is 2.41 bits per heavy atom. The third-order valence-corrected chi connectivity index (χ3v) is 6.99. The fourth-order valence-corrected chi connectivity index (χ4v) is 4.91. The summed E-state index contributed by atoms with van der Waals surface area (Å²) >= 11 is 5.97. The second-order valence-corrected chi connectivity index (χ2v) is 9.95. The summed E-state index contributed by atoms with van der Waals surface area (Å²) < 4.78 is 5.86. The molecule has 0 N–H and O–H groups in total. The van der Waals surface area contributed by atoms with Gasteiger partial charge in [-0.2, -0.15) is 0 Å². The van der Waals surface area contributed by atoms with Crippen LogP contribution in [-0.4, -0.2) is 68.1 Å². The molecule has 0 radical (unpaired) electrons. The van der Waals surface area contributed by atoms with Crippen molar-refractivity contribution in [2.45, 2.75) is 38.3 Å². The Bertz CT molecular complexity index is 972. The molecule has 2 atom stereocenters. The van der Waals surface area contributed by atoms with Crippen LogP contribution in [0.1, 0.15) is 41.6 Å². The lowest BCUT2D eigenvalue weighted by molar-refractivity contribution is -0.139. The number of amides is 2. The van der Waals surface area contributed by atoms with Crippen LogP contribution in [0.5, 0.6) is 0 Å². The number of piperidine rings is 1. The highest BCUT2D eigenvalue weighted by Crippen LogP contribution is 2.24. The van der Waals surface area contributed by atoms with E-state index in [9.17, 15) is 9.59 Å². The molecule has 2 unspecified atom stereocenters. The number of anilines is 1. The summed E-state index contributed by atoms with van der Waals surface area (Å²) in [7, 11) is 4.03. The van der Waals surface area contributed by atoms with E-state index in [0.717, 1.165) is 43.5 Å². The average Bonchev–Trinajstić information content (AvgIpc) is 3.37. The first-order valence-corrected chi connectivity index (χ1v) is 12.5. The van der Waals surface area contributed by atoms with E-state index in [-0.39, 0.29) is 23.8 Å². The molecule has 0 aliphatic carbocycles. The number of rotatable bonds is 7. The first-order valence-electron chi connectivity index (χ1n) is 12.1. The second kappa shape index (κ2) is 11.2. The van der Waals surface area contributed by atoms with Crippen molar-refractivity contribution in [2.24, 2.45) is 5.92 Å². The van der Waals surface area contributed by atoms with Gasteiger partial charge in [-0.1, -0.05) is 23.7 Å². The van der Waals surface area contributed by atoms with Gasteiger partial charge >= 0.3 is 0 Å². The zero-order chi connectivity index (χ0) is 24.1. The molecule has 2 fully saturated rings. The first kappa shape index (κ1) is 24.6. The molecule has 0 spiro atoms. The number of halogens is 1. The van der Waals surface area contributed by atoms with Crippen LogP contribution >= 0.6 is 11.6 Å². The number of hydrogen-bond acceptors (Lipinski definition) is 4. The summed E-state index contributed by atoms with van der Waals surface area (Å²) in [6.45, 7) is 3.02. The minimum Gasteiger partial charge on any atom is -0.378 e. The smallest absolute Gasteiger partial charge is 0.253 e. The number of ether oxygens (including phenoxy) is 1. The van der Waals surface area contributed by atoms with E-state index >= 15 is 0 Å². The highest BCUT2D eigenvalue weighted by atomic mass is 35.5. The molecule has 0 saturated carbocycles. The van der Waals surface area contributed by atoms with Crippen molar-refractivity contribution in [1.82, 2.24) is 9.80 Å². The maximum Gasteiger partial charge on any atom is 0.253 e. The lowest BCUT2D eigenvalue weighted by atomic mass is 9.95. The van der Waals surface area contributed by atoms with E-state index in [0.29, 0.717) is 36.8 Å². The summed E-state index contributed by atoms with van der Waals surface area (Å²) in [4.78, 5) is 32.6. The van der Waals surface area contributed by atoms with Crippen molar-refractivity contribution < 1.29 is 14.3 Å². The van der Waals surface area contributed by atoms with Crippen molar-refractivity contribution >= 4 is 29.1 Å². The number of carbonyl (C=O) groups is 2. The Labute approximate surface area is 207 Å². The molecule has 6 nitrogen and oxygen atoms in total. The van der Waals surface area contributed by atoms with Gasteiger partial charge in [0.1, 0.15) is 0 Å². The van der Waals surface area contributed by atoms with Crippen molar-refractivity contribution in [3.63, 3.8) is 0 Å². The van der Waals surface area contributed by atoms with E-state index in [1.54, 1.807) is 24.3 Å². The van der Waals surface area contributed by atoms with Crippen molar-refractivity contribution in [2.75, 3.05) is 45.2 Å². The molecule has 2 aromatic rings. The molecule has 2 saturated heterocycles. The van der Waals surface area contributed by atoms with E-state index in [1.165, 1.54) is 0 Å². The average molecular weight is 484 g/mol. The Morgan fingerprint density at radius 2 is 1.76 bits per heavy atom. The van der Waals surface area contributed by atoms with Crippen LogP contribution < -0.4 is 4.90 Å². The molecule has 34 heavy (non-hydrogen) atoms. The molecule has 0 bridgehead atoms. The van der Waals surface area contributed by atoms with E-state index in [4.69, 9.17) is 16.3 Å². The van der Waals surface area contributed by atoms with Crippen molar-refractivity contribution in [1.29, 1.82) is 0 Å². The highest BCUT2D eigenvalue weighted by molar-refractivity contribution is 6.30. The fourth-order valence-electron chi connectivity index (χ4n) is 4.78. The summed E-state index contributed by atoms with van der Waals surface area (Å²) in [6, 6.07) is 15.3. The van der Waals surface area contributed by atoms with E-state index in [1.807, 2.05) is 23.9 Å². The zero-order valence-electron chi connectivity index (χ0n) is 20.1. The molecule has 2 heterocycles. The quantitative estimate of drug-likeness (QED) is 0.583. The molecule has 0 aromatic heterocycles. The third kappa shape index (κ3) is 6.10. The number of likely N-dealkylation sites (tertiary alicyclic amines) is 1. The van der Waals surface area contributed by atoms with Crippen LogP contribution in [0.2, 0.25) is 5.02 Å². The van der Waals surface area contributed by atoms with Gasteiger partial charge in [-0.3, -0.25) is 9.59 Å². The van der Waals surface area contributed by atoms with Gasteiger partial charge < -0.3 is 19.4 Å². The van der Waals surface area contributed by atoms with Gasteiger partial charge in [-0.05, 0) is 67.6 Å². The van der Waals surface area contributed by atoms with Gasteiger partial charge in [0.2, 0.25) is 5.91 Å². The van der Waals surface area contributed by atoms with E-state index < -0.39 is 0 Å². The van der Waals surface area contributed by atoms with Gasteiger partial charge in [0, 0.05) is 63.2 Å². The fraction of sp³-hybridized carbons (Fsp3) is 0.481. The summed E-state index contributed by atoms with van der Waals surface area (Å²) in [5.41, 5.74) is 2.83. The zero-order valence-corrected chi connectivity index (χ0v) is 20.8. The Morgan fingerprint density at radius 1 is 1.03 bits per heavy atom. The molecule has 4 rings (SSSR count). The van der Waals surface area contributed by atoms with Crippen LogP contribution in [0.3, 0.4) is 0 Å². The number of benzene rings is 2. The van der Waals surface area contributed by atoms with Crippen LogP contribution in [0.4, 0.5) is 5.69 Å². The van der Waals surface area contributed by atoms with Crippen molar-refractivity contribution in [3.8, 4) is 0 Å². The molecule has 2 aromatic carbocycles. The normalized spacial score (nSPS) is 20.3. The number of carbonyl (C=O) groups excluding carboxylic acids is 2. The molecule has 2 amide bonds. The van der Waals surface area contributed by atoms with Crippen LogP contribution in [0, 0.1) is 5.92 Å². The van der Waals surface area contributed by atoms with E-state index in [2.05, 4.69) is 29.2 Å². The summed E-state index contributed by atoms with van der Waals surface area (Å²) in [5.74, 6) is -0.132. The van der Waals surface area contributed by atoms with Crippen LogP contribution in [0.15, 0.2) is 48.5 Å². The summed E-state index contributed by atoms with van der Waals surface area (Å²) in [6.07, 6.45) is 3.72. The van der Waals surface area contributed by atoms with Gasteiger partial charge in [0.25, 0.3) is 5.91 Å². The van der Waals surface area contributed by atoms with Gasteiger partial charge in [-0.15, -0.1) is 0 Å². The molecular weight excluding hydrogens is 450 g/mol. The van der Waals surface area contributed by atoms with Gasteiger partial charge in [0.15, 0.2) is 0 Å². The third-order valence-electron chi connectivity index (χ3n) is 6.73. The lowest BCUT2D eigenvalue weighted by Gasteiger charge is -2.36. The molecule has 7 heteroatoms. The number of hydrogen-bond donors (Lipinski definition) is 0. The Balaban J connectivity index is 1.46. The minimum absolute atomic E-state index is 0.0425. The lowest BCUT2D eigenvalue weighted by Crippen LogP contribution is -2.48. The SMILES string of the molecule is CN(C)c1ccc(CN(CC2CCCO2)C(=O)C2CCCN(C(=O)c3ccc(Cl)cc3)C2)cc1. The molecule has 2 aliphatic rings. The summed E-state index contributed by atoms with van der Waals surface area (Å²) in [5, 5.41) is 0.603. The molecular formula is C27H34ClN3O3. The maximum absolute atomic E-state index is 13.7. The largest absolute Gasteiger partial charge is 0.378 e. The highest BCUT2D eigenvalue weighted by Gasteiger charge is 2.33. The van der Waals surface area contributed by atoms with Crippen LogP contribution in [-0.2, 0) is 16.1 Å². The van der Waals surface area contributed by atoms with Crippen molar-refractivity contribution in [3.05, 3.63) is 64.7 Å². The first-order chi connectivity index (χ1) is 16.4. The monoisotopic (exact) mass is 483 g/mol. The topological polar surface area (TPSA) is 53.1 Å². The Hall–Kier alpha value is -2.57. The molecule has 2 aliphatic heterocycles. The second-order valence-electron chi connectivity index (χ2n) is 9.51. The minimum atomic E-state index is -0.201. The number of nitrogens with zero attached hydrogens (tertiary/aromatic N) is 3. The molecule has 182 valence electrons. The predicted molar refractivity (Wildman–Crippen MR) is 135 cm³/mol. The Kier molecular flexibility index (Phi) is 8.11. The van der Waals surface area contributed by atoms with Gasteiger partial charge in [-0.25, -0.2) is 0 Å². The van der Waals surface area contributed by atoms with Crippen LogP contribution in [0.25, 0.3) is 0 Å². The maximum atomic E-state index is 13.7. The standard InChI is InChI=1S/C27H34ClN3O3/c1-29(2)24-13-7-20(8-14-24)17-31(19-25-6-4-16-34-25)27(33)22-5-3-15-30(18-22)26(32)21-9-11-23(28)12-10-21/h7-14,22,25H,3-6,15-19H2,1-2H3. The van der Waals surface area contributed by atoms with Gasteiger partial charge in [0.05, 0.1) is 12.0 Å². The predicted octanol–water partition coefficient (Wildman–Crippen LogP) is 4.47.